The molecule has 0 amide bonds. The van der Waals surface area contributed by atoms with E-state index < -0.39 is 12.1 Å². The maximum absolute atomic E-state index is 10.1. The first-order valence-corrected chi connectivity index (χ1v) is 7.57. The smallest absolute Gasteiger partial charge is 0.151 e. The lowest BCUT2D eigenvalue weighted by atomic mass is 10.1. The molecule has 20 heavy (non-hydrogen) atoms. The standard InChI is InChI=1S/C12H19N5O2S/c1-17(8(4-18)9(19)5-20-2)7-3-14-11-10(7)15-6-16-12(11)13/h3,6,8-9,14,18-19H,4-5H2,1-2H3,(H2,13,15,16)/t8-,9-/m0/s1. The highest BCUT2D eigenvalue weighted by molar-refractivity contribution is 7.98. The lowest BCUT2D eigenvalue weighted by Crippen LogP contribution is -2.45. The number of nitrogens with two attached hydrogens (primary N) is 1. The van der Waals surface area contributed by atoms with Gasteiger partial charge in [0.05, 0.1) is 24.4 Å². The van der Waals surface area contributed by atoms with E-state index in [0.717, 1.165) is 5.69 Å². The third-order valence-electron chi connectivity index (χ3n) is 3.32. The minimum absolute atomic E-state index is 0.147. The lowest BCUT2D eigenvalue weighted by molar-refractivity contribution is 0.124. The van der Waals surface area contributed by atoms with Crippen LogP contribution >= 0.6 is 11.8 Å². The van der Waals surface area contributed by atoms with Crippen LogP contribution in [0.3, 0.4) is 0 Å². The van der Waals surface area contributed by atoms with E-state index in [0.29, 0.717) is 22.6 Å². The van der Waals surface area contributed by atoms with Gasteiger partial charge in [-0.3, -0.25) is 0 Å². The van der Waals surface area contributed by atoms with Gasteiger partial charge in [-0.05, 0) is 6.26 Å². The van der Waals surface area contributed by atoms with Gasteiger partial charge in [-0.15, -0.1) is 0 Å². The van der Waals surface area contributed by atoms with Crippen LogP contribution in [-0.4, -0.2) is 63.0 Å². The van der Waals surface area contributed by atoms with Crippen molar-refractivity contribution in [2.45, 2.75) is 12.1 Å². The first-order chi connectivity index (χ1) is 9.60. The molecule has 0 radical (unpaired) electrons. The summed E-state index contributed by atoms with van der Waals surface area (Å²) in [5, 5.41) is 19.7. The SMILES string of the molecule is CSC[C@H](O)[C@H](CO)N(C)c1c[nH]c2c(N)ncnc12. The summed E-state index contributed by atoms with van der Waals surface area (Å²) in [5.74, 6) is 0.926. The van der Waals surface area contributed by atoms with Gasteiger partial charge < -0.3 is 25.8 Å². The molecule has 0 aliphatic rings. The summed E-state index contributed by atoms with van der Waals surface area (Å²) in [5.41, 5.74) is 7.89. The average molecular weight is 297 g/mol. The Morgan fingerprint density at radius 1 is 1.50 bits per heavy atom. The summed E-state index contributed by atoms with van der Waals surface area (Å²) in [4.78, 5) is 13.0. The van der Waals surface area contributed by atoms with Crippen LogP contribution in [0.15, 0.2) is 12.5 Å². The fraction of sp³-hybridized carbons (Fsp3) is 0.500. The molecule has 2 aromatic heterocycles. The molecule has 0 unspecified atom stereocenters. The van der Waals surface area contributed by atoms with Gasteiger partial charge in [-0.1, -0.05) is 0 Å². The zero-order chi connectivity index (χ0) is 14.7. The highest BCUT2D eigenvalue weighted by Gasteiger charge is 2.25. The largest absolute Gasteiger partial charge is 0.394 e. The molecule has 2 aromatic rings. The summed E-state index contributed by atoms with van der Waals surface area (Å²) in [7, 11) is 1.81. The van der Waals surface area contributed by atoms with Crippen molar-refractivity contribution >= 4 is 34.3 Å². The molecule has 7 nitrogen and oxygen atoms in total. The molecule has 8 heteroatoms. The van der Waals surface area contributed by atoms with Crippen molar-refractivity contribution in [3.05, 3.63) is 12.5 Å². The number of nitrogen functional groups attached to an aromatic ring is 1. The summed E-state index contributed by atoms with van der Waals surface area (Å²) in [6.07, 6.45) is 4.43. The summed E-state index contributed by atoms with van der Waals surface area (Å²) >= 11 is 1.53. The van der Waals surface area contributed by atoms with Gasteiger partial charge in [-0.25, -0.2) is 9.97 Å². The number of anilines is 2. The summed E-state index contributed by atoms with van der Waals surface area (Å²) < 4.78 is 0. The van der Waals surface area contributed by atoms with Gasteiger partial charge in [0.15, 0.2) is 5.82 Å². The molecule has 0 aromatic carbocycles. The third kappa shape index (κ3) is 2.67. The first kappa shape index (κ1) is 14.9. The van der Waals surface area contributed by atoms with Crippen LogP contribution in [0.25, 0.3) is 11.0 Å². The number of fused-ring (bicyclic) bond motifs is 1. The Morgan fingerprint density at radius 2 is 2.25 bits per heavy atom. The molecule has 2 atom stereocenters. The zero-order valence-electron chi connectivity index (χ0n) is 11.4. The number of thioether (sulfide) groups is 1. The molecule has 2 heterocycles. The topological polar surface area (TPSA) is 111 Å². The monoisotopic (exact) mass is 297 g/mol. The maximum Gasteiger partial charge on any atom is 0.151 e. The molecule has 0 saturated heterocycles. The van der Waals surface area contributed by atoms with Crippen molar-refractivity contribution < 1.29 is 10.2 Å². The Morgan fingerprint density at radius 3 is 2.90 bits per heavy atom. The number of nitrogens with zero attached hydrogens (tertiary/aromatic N) is 3. The summed E-state index contributed by atoms with van der Waals surface area (Å²) in [6, 6.07) is -0.405. The number of hydrogen-bond acceptors (Lipinski definition) is 7. The predicted octanol–water partition coefficient (Wildman–Crippen LogP) is 0.0611. The molecular formula is C12H19N5O2S. The molecule has 0 bridgehead atoms. The number of likely N-dealkylation sites (N-methyl/N-ethyl adjacent to an activating group) is 1. The van der Waals surface area contributed by atoms with E-state index in [1.165, 1.54) is 18.1 Å². The Kier molecular flexibility index (Phi) is 4.69. The van der Waals surface area contributed by atoms with Crippen LogP contribution in [0.2, 0.25) is 0 Å². The molecule has 0 fully saturated rings. The van der Waals surface area contributed by atoms with Crippen LogP contribution in [-0.2, 0) is 0 Å². The quantitative estimate of drug-likeness (QED) is 0.596. The molecule has 0 spiro atoms. The van der Waals surface area contributed by atoms with Gasteiger partial charge in [-0.2, -0.15) is 11.8 Å². The second-order valence-corrected chi connectivity index (χ2v) is 5.45. The van der Waals surface area contributed by atoms with Crippen LogP contribution in [0.4, 0.5) is 11.5 Å². The van der Waals surface area contributed by atoms with Crippen molar-refractivity contribution in [3.8, 4) is 0 Å². The average Bonchev–Trinajstić information content (AvgIpc) is 2.85. The second-order valence-electron chi connectivity index (χ2n) is 4.54. The van der Waals surface area contributed by atoms with E-state index in [1.54, 1.807) is 6.20 Å². The number of aromatic nitrogens is 3. The number of aliphatic hydroxyl groups is 2. The maximum atomic E-state index is 10.1. The van der Waals surface area contributed by atoms with Gasteiger partial charge in [0, 0.05) is 19.0 Å². The second kappa shape index (κ2) is 6.29. The highest BCUT2D eigenvalue weighted by atomic mass is 32.2. The highest BCUT2D eigenvalue weighted by Crippen LogP contribution is 2.28. The Bertz CT molecular complexity index is 576. The third-order valence-corrected chi connectivity index (χ3v) is 3.99. The zero-order valence-corrected chi connectivity index (χ0v) is 12.3. The van der Waals surface area contributed by atoms with Crippen molar-refractivity contribution in [2.75, 3.05) is 36.3 Å². The van der Waals surface area contributed by atoms with E-state index in [9.17, 15) is 10.2 Å². The number of aliphatic hydroxyl groups excluding tert-OH is 2. The Hall–Kier alpha value is -1.51. The molecule has 0 aliphatic carbocycles. The van der Waals surface area contributed by atoms with E-state index in [2.05, 4.69) is 15.0 Å². The van der Waals surface area contributed by atoms with Gasteiger partial charge >= 0.3 is 0 Å². The number of nitrogens with one attached hydrogen (secondary N) is 1. The number of hydrogen-bond donors (Lipinski definition) is 4. The van der Waals surface area contributed by atoms with Gasteiger partial charge in [0.1, 0.15) is 17.4 Å². The number of aromatic amines is 1. The number of rotatable bonds is 6. The Balaban J connectivity index is 2.34. The van der Waals surface area contributed by atoms with E-state index in [1.807, 2.05) is 18.2 Å². The fourth-order valence-corrected chi connectivity index (χ4v) is 2.74. The molecule has 2 rings (SSSR count). The van der Waals surface area contributed by atoms with Crippen LogP contribution in [0.1, 0.15) is 0 Å². The van der Waals surface area contributed by atoms with Crippen LogP contribution < -0.4 is 10.6 Å². The van der Waals surface area contributed by atoms with Crippen molar-refractivity contribution in [2.24, 2.45) is 0 Å². The van der Waals surface area contributed by atoms with Crippen LogP contribution in [0, 0.1) is 0 Å². The normalized spacial score (nSPS) is 14.4. The molecule has 5 N–H and O–H groups in total. The Labute approximate surface area is 121 Å². The minimum atomic E-state index is -0.635. The lowest BCUT2D eigenvalue weighted by Gasteiger charge is -2.31. The minimum Gasteiger partial charge on any atom is -0.394 e. The molecule has 0 saturated carbocycles. The van der Waals surface area contributed by atoms with Gasteiger partial charge in [0.25, 0.3) is 0 Å². The van der Waals surface area contributed by atoms with Gasteiger partial charge in [0.2, 0.25) is 0 Å². The predicted molar refractivity (Wildman–Crippen MR) is 82.0 cm³/mol. The van der Waals surface area contributed by atoms with E-state index in [-0.39, 0.29) is 6.61 Å². The summed E-state index contributed by atoms with van der Waals surface area (Å²) in [6.45, 7) is -0.147. The van der Waals surface area contributed by atoms with E-state index >= 15 is 0 Å². The molecular weight excluding hydrogens is 278 g/mol. The fourth-order valence-electron chi connectivity index (χ4n) is 2.18. The number of H-pyrrole nitrogens is 1. The van der Waals surface area contributed by atoms with Crippen LogP contribution in [0.5, 0.6) is 0 Å². The first-order valence-electron chi connectivity index (χ1n) is 6.18. The van der Waals surface area contributed by atoms with E-state index in [4.69, 9.17) is 5.73 Å². The van der Waals surface area contributed by atoms with Crippen molar-refractivity contribution in [3.63, 3.8) is 0 Å². The molecule has 0 aliphatic heterocycles. The molecule has 110 valence electrons. The van der Waals surface area contributed by atoms with Crippen molar-refractivity contribution in [1.82, 2.24) is 15.0 Å². The van der Waals surface area contributed by atoms with Crippen molar-refractivity contribution in [1.29, 1.82) is 0 Å².